The van der Waals surface area contributed by atoms with Gasteiger partial charge in [0.2, 0.25) is 0 Å². The van der Waals surface area contributed by atoms with Crippen molar-refractivity contribution in [2.75, 3.05) is 0 Å². The number of hydrogen-bond donors (Lipinski definition) is 1. The smallest absolute Gasteiger partial charge is 0.297 e. The lowest BCUT2D eigenvalue weighted by atomic mass is 9.99. The Morgan fingerprint density at radius 1 is 1.20 bits per heavy atom. The van der Waals surface area contributed by atoms with Gasteiger partial charge in [0, 0.05) is 5.92 Å². The maximum atomic E-state index is 12.3. The summed E-state index contributed by atoms with van der Waals surface area (Å²) in [6.07, 6.45) is 1.51. The fraction of sp³-hybridized carbons (Fsp3) is 0.800. The van der Waals surface area contributed by atoms with Crippen LogP contribution in [0.4, 0.5) is 8.78 Å². The lowest BCUT2D eigenvalue weighted by molar-refractivity contribution is 0.140. The number of hydrogen-bond acceptors (Lipinski definition) is 2. The molecular weight excluding hydrogens is 200 g/mol. The molecule has 1 N–H and O–H groups in total. The second-order valence-corrected chi connectivity index (χ2v) is 3.64. The number of unbranched alkanes of at least 4 members (excludes halogenated alkanes) is 1. The molecule has 1 aromatic rings. The third-order valence-electron chi connectivity index (χ3n) is 2.51. The van der Waals surface area contributed by atoms with Crippen molar-refractivity contribution in [2.24, 2.45) is 0 Å². The summed E-state index contributed by atoms with van der Waals surface area (Å²) < 4.78 is 24.5. The number of nitrogens with one attached hydrogen (secondary N) is 1. The summed E-state index contributed by atoms with van der Waals surface area (Å²) in [5.41, 5.74) is 0. The predicted molar refractivity (Wildman–Crippen MR) is 53.9 cm³/mol. The number of nitrogens with zero attached hydrogens (tertiary/aromatic N) is 2. The SMILES string of the molecule is CCCCC(CC)c1nnc(C(F)F)[nH]1. The van der Waals surface area contributed by atoms with Gasteiger partial charge in [0.05, 0.1) is 0 Å². The molecule has 0 saturated carbocycles. The molecule has 1 unspecified atom stereocenters. The Hall–Kier alpha value is -1.00. The Balaban J connectivity index is 2.65. The number of aromatic nitrogens is 3. The molecule has 0 bridgehead atoms. The average molecular weight is 217 g/mol. The lowest BCUT2D eigenvalue weighted by Crippen LogP contribution is -2.00. The van der Waals surface area contributed by atoms with Gasteiger partial charge < -0.3 is 4.98 Å². The number of H-pyrrole nitrogens is 1. The van der Waals surface area contributed by atoms with Gasteiger partial charge in [-0.05, 0) is 12.8 Å². The molecule has 1 atom stereocenters. The molecule has 1 rings (SSSR count). The van der Waals surface area contributed by atoms with Crippen LogP contribution >= 0.6 is 0 Å². The Morgan fingerprint density at radius 3 is 2.33 bits per heavy atom. The average Bonchev–Trinajstić information content (AvgIpc) is 2.68. The standard InChI is InChI=1S/C10H17F2N3/c1-3-5-6-7(4-2)9-13-10(8(11)12)15-14-9/h7-8H,3-6H2,1-2H3,(H,13,14,15). The Morgan fingerprint density at radius 2 is 1.87 bits per heavy atom. The summed E-state index contributed by atoms with van der Waals surface area (Å²) in [6, 6.07) is 0. The summed E-state index contributed by atoms with van der Waals surface area (Å²) >= 11 is 0. The maximum absolute atomic E-state index is 12.3. The van der Waals surface area contributed by atoms with Gasteiger partial charge in [0.1, 0.15) is 5.82 Å². The van der Waals surface area contributed by atoms with Gasteiger partial charge in [-0.2, -0.15) is 0 Å². The molecule has 0 amide bonds. The van der Waals surface area contributed by atoms with E-state index in [0.717, 1.165) is 25.7 Å². The highest BCUT2D eigenvalue weighted by atomic mass is 19.3. The summed E-state index contributed by atoms with van der Waals surface area (Å²) in [7, 11) is 0. The van der Waals surface area contributed by atoms with Crippen molar-refractivity contribution < 1.29 is 8.78 Å². The largest absolute Gasteiger partial charge is 0.324 e. The van der Waals surface area contributed by atoms with Crippen LogP contribution in [0.2, 0.25) is 0 Å². The normalized spacial score (nSPS) is 13.4. The van der Waals surface area contributed by atoms with Crippen LogP contribution in [0.3, 0.4) is 0 Å². The second kappa shape index (κ2) is 5.78. The summed E-state index contributed by atoms with van der Waals surface area (Å²) in [5.74, 6) is 0.506. The minimum atomic E-state index is -2.56. The fourth-order valence-electron chi connectivity index (χ4n) is 1.56. The van der Waals surface area contributed by atoms with Crippen LogP contribution < -0.4 is 0 Å². The zero-order valence-electron chi connectivity index (χ0n) is 9.13. The first-order valence-corrected chi connectivity index (χ1v) is 5.39. The molecule has 3 nitrogen and oxygen atoms in total. The van der Waals surface area contributed by atoms with Crippen LogP contribution in [-0.2, 0) is 0 Å². The van der Waals surface area contributed by atoms with E-state index in [0.29, 0.717) is 5.82 Å². The summed E-state index contributed by atoms with van der Waals surface area (Å²) in [5, 5.41) is 7.21. The minimum Gasteiger partial charge on any atom is -0.324 e. The molecule has 0 spiro atoms. The van der Waals surface area contributed by atoms with Gasteiger partial charge in [-0.3, -0.25) is 0 Å². The van der Waals surface area contributed by atoms with E-state index in [2.05, 4.69) is 22.1 Å². The molecule has 0 fully saturated rings. The van der Waals surface area contributed by atoms with E-state index in [1.807, 2.05) is 6.92 Å². The van der Waals surface area contributed by atoms with Crippen LogP contribution in [0.5, 0.6) is 0 Å². The number of rotatable bonds is 6. The second-order valence-electron chi connectivity index (χ2n) is 3.64. The van der Waals surface area contributed by atoms with Crippen molar-refractivity contribution in [1.82, 2.24) is 15.2 Å². The van der Waals surface area contributed by atoms with Crippen molar-refractivity contribution in [3.05, 3.63) is 11.6 Å². The third kappa shape index (κ3) is 3.25. The highest BCUT2D eigenvalue weighted by Crippen LogP contribution is 2.24. The van der Waals surface area contributed by atoms with Crippen molar-refractivity contribution in [1.29, 1.82) is 0 Å². The first kappa shape index (κ1) is 12.1. The van der Waals surface area contributed by atoms with E-state index in [-0.39, 0.29) is 11.7 Å². The molecule has 0 aliphatic carbocycles. The van der Waals surface area contributed by atoms with Crippen molar-refractivity contribution in [3.63, 3.8) is 0 Å². The quantitative estimate of drug-likeness (QED) is 0.793. The van der Waals surface area contributed by atoms with E-state index < -0.39 is 6.43 Å². The van der Waals surface area contributed by atoms with Crippen molar-refractivity contribution in [2.45, 2.75) is 51.9 Å². The lowest BCUT2D eigenvalue weighted by Gasteiger charge is -2.09. The number of halogens is 2. The Labute approximate surface area is 88.3 Å². The van der Waals surface area contributed by atoms with E-state index in [9.17, 15) is 8.78 Å². The first-order chi connectivity index (χ1) is 7.19. The first-order valence-electron chi connectivity index (χ1n) is 5.39. The molecule has 5 heteroatoms. The molecule has 1 aromatic heterocycles. The Bertz CT molecular complexity index is 286. The maximum Gasteiger partial charge on any atom is 0.297 e. The monoisotopic (exact) mass is 217 g/mol. The molecule has 15 heavy (non-hydrogen) atoms. The van der Waals surface area contributed by atoms with Crippen molar-refractivity contribution >= 4 is 0 Å². The molecule has 86 valence electrons. The van der Waals surface area contributed by atoms with Gasteiger partial charge in [0.25, 0.3) is 6.43 Å². The van der Waals surface area contributed by atoms with Crippen molar-refractivity contribution in [3.8, 4) is 0 Å². The summed E-state index contributed by atoms with van der Waals surface area (Å²) in [6.45, 7) is 4.14. The highest BCUT2D eigenvalue weighted by molar-refractivity contribution is 4.98. The van der Waals surface area contributed by atoms with Crippen LogP contribution in [0.25, 0.3) is 0 Å². The molecular formula is C10H17F2N3. The van der Waals surface area contributed by atoms with Crippen LogP contribution in [0.15, 0.2) is 0 Å². The molecule has 0 saturated heterocycles. The van der Waals surface area contributed by atoms with Gasteiger partial charge in [0.15, 0.2) is 5.82 Å². The van der Waals surface area contributed by atoms with Gasteiger partial charge in [-0.1, -0.05) is 26.7 Å². The summed E-state index contributed by atoms with van der Waals surface area (Å²) in [4.78, 5) is 2.60. The number of aromatic amines is 1. The highest BCUT2D eigenvalue weighted by Gasteiger charge is 2.17. The van der Waals surface area contributed by atoms with Crippen LogP contribution in [0, 0.1) is 0 Å². The van der Waals surface area contributed by atoms with Crippen LogP contribution in [0.1, 0.15) is 63.5 Å². The van der Waals surface area contributed by atoms with E-state index in [4.69, 9.17) is 0 Å². The molecule has 0 radical (unpaired) electrons. The topological polar surface area (TPSA) is 41.6 Å². The molecule has 0 aliphatic rings. The van der Waals surface area contributed by atoms with Gasteiger partial charge >= 0.3 is 0 Å². The van der Waals surface area contributed by atoms with Gasteiger partial charge in [-0.15, -0.1) is 10.2 Å². The molecule has 0 aromatic carbocycles. The molecule has 0 aliphatic heterocycles. The molecule has 1 heterocycles. The van der Waals surface area contributed by atoms with Gasteiger partial charge in [-0.25, -0.2) is 8.78 Å². The van der Waals surface area contributed by atoms with Crippen LogP contribution in [-0.4, -0.2) is 15.2 Å². The predicted octanol–water partition coefficient (Wildman–Crippen LogP) is 3.43. The minimum absolute atomic E-state index is 0.227. The number of alkyl halides is 2. The zero-order valence-corrected chi connectivity index (χ0v) is 9.13. The zero-order chi connectivity index (χ0) is 11.3. The Kier molecular flexibility index (Phi) is 4.65. The van der Waals surface area contributed by atoms with E-state index in [1.165, 1.54) is 0 Å². The third-order valence-corrected chi connectivity index (χ3v) is 2.51. The fourth-order valence-corrected chi connectivity index (χ4v) is 1.56. The van der Waals surface area contributed by atoms with E-state index in [1.54, 1.807) is 0 Å². The van der Waals surface area contributed by atoms with E-state index >= 15 is 0 Å².